The highest BCUT2D eigenvalue weighted by Crippen LogP contribution is 2.36. The zero-order valence-electron chi connectivity index (χ0n) is 12.0. The van der Waals surface area contributed by atoms with Crippen LogP contribution in [0.4, 0.5) is 0 Å². The van der Waals surface area contributed by atoms with Crippen molar-refractivity contribution in [3.8, 4) is 0 Å². The molecule has 0 amide bonds. The monoisotopic (exact) mass is 273 g/mol. The molecule has 0 bridgehead atoms. The molecular formula is C16H19NO3. The average molecular weight is 273 g/mol. The number of esters is 1. The van der Waals surface area contributed by atoms with Crippen molar-refractivity contribution in [2.24, 2.45) is 5.41 Å². The number of nitrogens with one attached hydrogen (secondary N) is 1. The summed E-state index contributed by atoms with van der Waals surface area (Å²) >= 11 is 0. The van der Waals surface area contributed by atoms with Gasteiger partial charge in [-0.3, -0.25) is 4.79 Å². The summed E-state index contributed by atoms with van der Waals surface area (Å²) in [4.78, 5) is 24.2. The molecule has 0 saturated carbocycles. The molecule has 20 heavy (non-hydrogen) atoms. The van der Waals surface area contributed by atoms with Crippen LogP contribution in [0.1, 0.15) is 37.0 Å². The average Bonchev–Trinajstić information content (AvgIpc) is 2.41. The predicted molar refractivity (Wildman–Crippen MR) is 76.0 cm³/mol. The van der Waals surface area contributed by atoms with E-state index in [-0.39, 0.29) is 17.0 Å². The molecule has 1 aliphatic carbocycles. The highest BCUT2D eigenvalue weighted by molar-refractivity contribution is 6.00. The molecule has 0 atom stereocenters. The van der Waals surface area contributed by atoms with E-state index in [9.17, 15) is 9.59 Å². The maximum atomic E-state index is 12.2. The Bertz CT molecular complexity index is 558. The quantitative estimate of drug-likeness (QED) is 0.860. The van der Waals surface area contributed by atoms with Crippen molar-refractivity contribution in [2.75, 3.05) is 7.05 Å². The molecule has 4 nitrogen and oxygen atoms in total. The van der Waals surface area contributed by atoms with Gasteiger partial charge in [-0.15, -0.1) is 0 Å². The van der Waals surface area contributed by atoms with E-state index in [1.54, 1.807) is 31.3 Å². The molecule has 1 aromatic carbocycles. The third-order valence-corrected chi connectivity index (χ3v) is 3.33. The lowest BCUT2D eigenvalue weighted by Crippen LogP contribution is -2.32. The number of carbonyl (C=O) groups excluding carboxylic acids is 2. The summed E-state index contributed by atoms with van der Waals surface area (Å²) in [7, 11) is 1.74. The van der Waals surface area contributed by atoms with E-state index in [1.165, 1.54) is 0 Å². The van der Waals surface area contributed by atoms with Crippen LogP contribution in [-0.4, -0.2) is 18.8 Å². The summed E-state index contributed by atoms with van der Waals surface area (Å²) in [5.41, 5.74) is 1.02. The lowest BCUT2D eigenvalue weighted by atomic mass is 9.78. The second kappa shape index (κ2) is 5.49. The minimum atomic E-state index is -0.499. The van der Waals surface area contributed by atoms with Gasteiger partial charge in [0.25, 0.3) is 0 Å². The van der Waals surface area contributed by atoms with Gasteiger partial charge in [0.15, 0.2) is 5.76 Å². The zero-order valence-corrected chi connectivity index (χ0v) is 12.0. The number of carbonyl (C=O) groups is 2. The molecule has 0 fully saturated rings. The number of allylic oxidation sites excluding steroid dienone is 2. The number of hydrogen-bond donors (Lipinski definition) is 1. The van der Waals surface area contributed by atoms with Crippen LogP contribution in [-0.2, 0) is 9.53 Å². The molecule has 0 radical (unpaired) electrons. The molecule has 1 N–H and O–H groups in total. The number of ketones is 1. The van der Waals surface area contributed by atoms with Crippen LogP contribution in [0.5, 0.6) is 0 Å². The fraction of sp³-hybridized carbons (Fsp3) is 0.375. The maximum absolute atomic E-state index is 12.2. The van der Waals surface area contributed by atoms with Crippen molar-refractivity contribution in [3.63, 3.8) is 0 Å². The molecule has 0 unspecified atom stereocenters. The first kappa shape index (κ1) is 14.3. The van der Waals surface area contributed by atoms with E-state index in [4.69, 9.17) is 4.74 Å². The van der Waals surface area contributed by atoms with Crippen LogP contribution < -0.4 is 5.32 Å². The molecule has 1 aromatic rings. The third kappa shape index (κ3) is 3.07. The number of ether oxygens (including phenoxy) is 1. The van der Waals surface area contributed by atoms with Crippen molar-refractivity contribution in [1.29, 1.82) is 0 Å². The van der Waals surface area contributed by atoms with Gasteiger partial charge in [-0.2, -0.15) is 0 Å². The van der Waals surface area contributed by atoms with Crippen LogP contribution in [0, 0.1) is 5.41 Å². The molecule has 2 rings (SSSR count). The molecule has 4 heteroatoms. The molecule has 1 aliphatic rings. The third-order valence-electron chi connectivity index (χ3n) is 3.33. The van der Waals surface area contributed by atoms with Crippen molar-refractivity contribution in [1.82, 2.24) is 5.32 Å². The summed E-state index contributed by atoms with van der Waals surface area (Å²) < 4.78 is 5.32. The summed E-state index contributed by atoms with van der Waals surface area (Å²) in [6.07, 6.45) is 1.07. The lowest BCUT2D eigenvalue weighted by Gasteiger charge is -2.31. The Morgan fingerprint density at radius 2 is 1.85 bits per heavy atom. The topological polar surface area (TPSA) is 55.4 Å². The van der Waals surface area contributed by atoms with Gasteiger partial charge in [0, 0.05) is 13.5 Å². The molecule has 0 aliphatic heterocycles. The summed E-state index contributed by atoms with van der Waals surface area (Å²) in [6.45, 7) is 4.05. The van der Waals surface area contributed by atoms with Gasteiger partial charge in [0.1, 0.15) is 0 Å². The van der Waals surface area contributed by atoms with Crippen molar-refractivity contribution >= 4 is 11.8 Å². The van der Waals surface area contributed by atoms with E-state index in [2.05, 4.69) is 5.32 Å². The first-order chi connectivity index (χ1) is 9.43. The number of hydrogen-bond acceptors (Lipinski definition) is 4. The summed E-state index contributed by atoms with van der Waals surface area (Å²) in [5, 5.41) is 2.98. The van der Waals surface area contributed by atoms with E-state index in [1.807, 2.05) is 19.9 Å². The van der Waals surface area contributed by atoms with Gasteiger partial charge in [-0.1, -0.05) is 32.0 Å². The minimum absolute atomic E-state index is 0.113. The van der Waals surface area contributed by atoms with Crippen molar-refractivity contribution in [2.45, 2.75) is 26.7 Å². The van der Waals surface area contributed by atoms with Crippen LogP contribution in [0.2, 0.25) is 0 Å². The Labute approximate surface area is 118 Å². The van der Waals surface area contributed by atoms with Crippen LogP contribution in [0.25, 0.3) is 0 Å². The molecule has 0 spiro atoms. The predicted octanol–water partition coefficient (Wildman–Crippen LogP) is 2.66. The van der Waals surface area contributed by atoms with Crippen LogP contribution in [0.3, 0.4) is 0 Å². The number of benzene rings is 1. The molecule has 0 heterocycles. The van der Waals surface area contributed by atoms with Gasteiger partial charge >= 0.3 is 5.97 Å². The Hall–Kier alpha value is -2.10. The number of Topliss-reactive ketones (excluding diaryl/α,β-unsaturated/α-hetero) is 1. The van der Waals surface area contributed by atoms with E-state index in [0.29, 0.717) is 24.1 Å². The first-order valence-corrected chi connectivity index (χ1v) is 6.64. The van der Waals surface area contributed by atoms with E-state index in [0.717, 1.165) is 0 Å². The van der Waals surface area contributed by atoms with Gasteiger partial charge < -0.3 is 10.1 Å². The highest BCUT2D eigenvalue weighted by Gasteiger charge is 2.34. The van der Waals surface area contributed by atoms with Crippen molar-refractivity contribution in [3.05, 3.63) is 47.4 Å². The summed E-state index contributed by atoms with van der Waals surface area (Å²) in [5.74, 6) is -0.475. The lowest BCUT2D eigenvalue weighted by molar-refractivity contribution is -0.121. The van der Waals surface area contributed by atoms with Gasteiger partial charge in [0.2, 0.25) is 5.78 Å². The molecular weight excluding hydrogens is 254 g/mol. The Balaban J connectivity index is 2.25. The van der Waals surface area contributed by atoms with Gasteiger partial charge in [-0.25, -0.2) is 4.79 Å². The van der Waals surface area contributed by atoms with Gasteiger partial charge in [-0.05, 0) is 24.0 Å². The van der Waals surface area contributed by atoms with Crippen LogP contribution >= 0.6 is 0 Å². The Kier molecular flexibility index (Phi) is 3.93. The molecule has 0 saturated heterocycles. The number of rotatable bonds is 3. The Morgan fingerprint density at radius 1 is 1.20 bits per heavy atom. The molecule has 0 aromatic heterocycles. The normalized spacial score (nSPS) is 17.9. The second-order valence-corrected chi connectivity index (χ2v) is 5.75. The van der Waals surface area contributed by atoms with Crippen molar-refractivity contribution < 1.29 is 14.3 Å². The van der Waals surface area contributed by atoms with Gasteiger partial charge in [0.05, 0.1) is 11.3 Å². The molecule has 106 valence electrons. The van der Waals surface area contributed by atoms with E-state index < -0.39 is 5.97 Å². The fourth-order valence-electron chi connectivity index (χ4n) is 2.35. The fourth-order valence-corrected chi connectivity index (χ4v) is 2.35. The summed E-state index contributed by atoms with van der Waals surface area (Å²) in [6, 6.07) is 8.67. The maximum Gasteiger partial charge on any atom is 0.343 e. The SMILES string of the molecule is CNC1=C(OC(=O)c2ccccc2)C(=O)CC(C)(C)C1. The van der Waals surface area contributed by atoms with Crippen LogP contribution in [0.15, 0.2) is 41.8 Å². The largest absolute Gasteiger partial charge is 0.417 e. The first-order valence-electron chi connectivity index (χ1n) is 6.64. The highest BCUT2D eigenvalue weighted by atomic mass is 16.5. The smallest absolute Gasteiger partial charge is 0.343 e. The second-order valence-electron chi connectivity index (χ2n) is 5.75. The standard InChI is InChI=1S/C16H19NO3/c1-16(2)9-12(17-3)14(13(18)10-16)20-15(19)11-7-5-4-6-8-11/h4-8,17H,9-10H2,1-3H3. The minimum Gasteiger partial charge on any atom is -0.417 e. The van der Waals surface area contributed by atoms with E-state index >= 15 is 0 Å². The zero-order chi connectivity index (χ0) is 14.8. The Morgan fingerprint density at radius 3 is 2.45 bits per heavy atom.